The van der Waals surface area contributed by atoms with E-state index in [0.717, 1.165) is 55.9 Å². The molecule has 0 saturated carbocycles. The molecule has 6 aromatic heterocycles. The average Bonchev–Trinajstić information content (AvgIpc) is 4.03. The van der Waals surface area contributed by atoms with E-state index in [1.807, 2.05) is 76.5 Å². The molecule has 15 heteroatoms. The maximum atomic E-state index is 10.3. The van der Waals surface area contributed by atoms with Crippen LogP contribution in [0.1, 0.15) is 58.5 Å². The van der Waals surface area contributed by atoms with Crippen molar-refractivity contribution in [1.29, 1.82) is 0 Å². The fourth-order valence-electron chi connectivity index (χ4n) is 6.18. The molecule has 1 N–H and O–H groups in total. The summed E-state index contributed by atoms with van der Waals surface area (Å²) in [6.07, 6.45) is 10.9. The van der Waals surface area contributed by atoms with Crippen LogP contribution in [0.2, 0.25) is 36.3 Å². The SMILES string of the molecule is CC(C)(C)[Si](C)(C)OCc1cccc(-n2ncc3c(-n4cccn4)cc(O)cc32)n1.Cc1cc(-n2cccn2)c2cnn(-c3cccc(CO[Si](C)(C)C(C)(C)C)n3)c2c1. The monoisotopic (exact) mass is 840 g/mol. The number of pyridine rings is 2. The molecule has 6 heterocycles. The highest BCUT2D eigenvalue weighted by molar-refractivity contribution is 6.74. The molecule has 0 radical (unpaired) electrons. The second kappa shape index (κ2) is 16.4. The summed E-state index contributed by atoms with van der Waals surface area (Å²) in [5.74, 6) is 1.61. The first-order valence-electron chi connectivity index (χ1n) is 20.2. The number of rotatable bonds is 10. The molecule has 60 heavy (non-hydrogen) atoms. The van der Waals surface area contributed by atoms with Crippen molar-refractivity contribution in [1.82, 2.24) is 49.1 Å². The van der Waals surface area contributed by atoms with Crippen LogP contribution in [0.3, 0.4) is 0 Å². The molecule has 0 amide bonds. The molecule has 0 fully saturated rings. The Balaban J connectivity index is 0.000000181. The Morgan fingerprint density at radius 3 is 1.47 bits per heavy atom. The summed E-state index contributed by atoms with van der Waals surface area (Å²) in [5.41, 5.74) is 6.46. The van der Waals surface area contributed by atoms with Crippen molar-refractivity contribution in [3.63, 3.8) is 0 Å². The van der Waals surface area contributed by atoms with Gasteiger partial charge in [0, 0.05) is 47.7 Å². The van der Waals surface area contributed by atoms with Gasteiger partial charge in [-0.3, -0.25) is 0 Å². The van der Waals surface area contributed by atoms with Gasteiger partial charge in [-0.2, -0.15) is 20.4 Å². The molecule has 0 bridgehead atoms. The molecule has 2 aromatic carbocycles. The minimum absolute atomic E-state index is 0.142. The van der Waals surface area contributed by atoms with E-state index in [1.54, 1.807) is 40.1 Å². The zero-order valence-electron chi connectivity index (χ0n) is 36.5. The molecule has 8 rings (SSSR count). The van der Waals surface area contributed by atoms with E-state index < -0.39 is 16.6 Å². The van der Waals surface area contributed by atoms with Gasteiger partial charge in [-0.1, -0.05) is 53.7 Å². The predicted molar refractivity (Wildman–Crippen MR) is 242 cm³/mol. The highest BCUT2D eigenvalue weighted by Gasteiger charge is 2.38. The van der Waals surface area contributed by atoms with Crippen LogP contribution in [-0.4, -0.2) is 70.8 Å². The van der Waals surface area contributed by atoms with E-state index in [4.69, 9.17) is 18.8 Å². The number of aromatic hydroxyl groups is 1. The molecule has 0 saturated heterocycles. The second-order valence-electron chi connectivity index (χ2n) is 18.2. The minimum Gasteiger partial charge on any atom is -0.508 e. The Bertz CT molecular complexity index is 2540. The van der Waals surface area contributed by atoms with Crippen LogP contribution < -0.4 is 0 Å². The molecule has 0 aliphatic heterocycles. The van der Waals surface area contributed by atoms with Crippen molar-refractivity contribution in [3.8, 4) is 28.8 Å². The third-order valence-electron chi connectivity index (χ3n) is 11.8. The Hall–Kier alpha value is -5.75. The summed E-state index contributed by atoms with van der Waals surface area (Å²) in [5, 5.41) is 30.4. The van der Waals surface area contributed by atoms with Gasteiger partial charge in [0.15, 0.2) is 28.3 Å². The quantitative estimate of drug-likeness (QED) is 0.134. The van der Waals surface area contributed by atoms with Gasteiger partial charge in [0.2, 0.25) is 0 Å². The van der Waals surface area contributed by atoms with Gasteiger partial charge >= 0.3 is 0 Å². The van der Waals surface area contributed by atoms with E-state index in [-0.39, 0.29) is 15.8 Å². The summed E-state index contributed by atoms with van der Waals surface area (Å²) >= 11 is 0. The maximum absolute atomic E-state index is 10.3. The summed E-state index contributed by atoms with van der Waals surface area (Å²) in [7, 11) is -3.70. The number of aryl methyl sites for hydroxylation is 1. The van der Waals surface area contributed by atoms with Crippen LogP contribution in [0.15, 0.2) is 110 Å². The van der Waals surface area contributed by atoms with Crippen molar-refractivity contribution in [3.05, 3.63) is 127 Å². The van der Waals surface area contributed by atoms with Crippen molar-refractivity contribution < 1.29 is 14.0 Å². The molecule has 0 unspecified atom stereocenters. The lowest BCUT2D eigenvalue weighted by Gasteiger charge is -2.36. The Morgan fingerprint density at radius 1 is 0.583 bits per heavy atom. The number of fused-ring (bicyclic) bond motifs is 2. The maximum Gasteiger partial charge on any atom is 0.192 e. The zero-order valence-corrected chi connectivity index (χ0v) is 38.5. The molecule has 312 valence electrons. The first-order valence-corrected chi connectivity index (χ1v) is 26.0. The van der Waals surface area contributed by atoms with Gasteiger partial charge in [0.05, 0.1) is 59.4 Å². The summed E-state index contributed by atoms with van der Waals surface area (Å²) in [6, 6.07) is 23.2. The Labute approximate surface area is 353 Å². The number of aromatic nitrogens is 10. The van der Waals surface area contributed by atoms with Crippen molar-refractivity contribution in [2.24, 2.45) is 0 Å². The summed E-state index contributed by atoms with van der Waals surface area (Å²) in [4.78, 5) is 9.61. The summed E-state index contributed by atoms with van der Waals surface area (Å²) in [6.45, 7) is 25.5. The lowest BCUT2D eigenvalue weighted by atomic mass is 10.1. The van der Waals surface area contributed by atoms with E-state index in [1.165, 1.54) is 0 Å². The highest BCUT2D eigenvalue weighted by atomic mass is 28.4. The zero-order chi connectivity index (χ0) is 43.0. The third-order valence-corrected chi connectivity index (χ3v) is 20.7. The molecule has 0 atom stereocenters. The number of phenolic OH excluding ortho intramolecular Hbond substituents is 1. The van der Waals surface area contributed by atoms with Crippen LogP contribution in [0, 0.1) is 6.92 Å². The first-order chi connectivity index (χ1) is 28.3. The van der Waals surface area contributed by atoms with Gasteiger partial charge in [0.1, 0.15) is 5.75 Å². The molecular formula is C45H56N10O3Si2. The molecule has 0 spiro atoms. The molecule has 0 aliphatic rings. The Morgan fingerprint density at radius 2 is 1.03 bits per heavy atom. The number of hydrogen-bond donors (Lipinski definition) is 1. The van der Waals surface area contributed by atoms with Crippen LogP contribution >= 0.6 is 0 Å². The average molecular weight is 841 g/mol. The molecular weight excluding hydrogens is 785 g/mol. The molecule has 8 aromatic rings. The van der Waals surface area contributed by atoms with Crippen LogP contribution in [-0.2, 0) is 22.1 Å². The van der Waals surface area contributed by atoms with Crippen LogP contribution in [0.5, 0.6) is 5.75 Å². The smallest absolute Gasteiger partial charge is 0.192 e. The highest BCUT2D eigenvalue weighted by Crippen LogP contribution is 2.38. The van der Waals surface area contributed by atoms with Gasteiger partial charge in [0.25, 0.3) is 0 Å². The van der Waals surface area contributed by atoms with Crippen LogP contribution in [0.25, 0.3) is 44.8 Å². The van der Waals surface area contributed by atoms with E-state index >= 15 is 0 Å². The fraction of sp³-hybridized carbons (Fsp3) is 0.333. The molecule has 0 aliphatic carbocycles. The summed E-state index contributed by atoms with van der Waals surface area (Å²) < 4.78 is 19.9. The fourth-order valence-corrected chi connectivity index (χ4v) is 8.06. The lowest BCUT2D eigenvalue weighted by Crippen LogP contribution is -2.40. The van der Waals surface area contributed by atoms with E-state index in [2.05, 4.69) is 107 Å². The van der Waals surface area contributed by atoms with Gasteiger partial charge < -0.3 is 14.0 Å². The van der Waals surface area contributed by atoms with Gasteiger partial charge in [-0.15, -0.1) is 0 Å². The number of hydrogen-bond acceptors (Lipinski definition) is 9. The predicted octanol–water partition coefficient (Wildman–Crippen LogP) is 10.3. The Kier molecular flexibility index (Phi) is 11.6. The van der Waals surface area contributed by atoms with Gasteiger partial charge in [-0.05, 0) is 97.3 Å². The van der Waals surface area contributed by atoms with Crippen molar-refractivity contribution >= 4 is 38.4 Å². The third kappa shape index (κ3) is 8.89. The lowest BCUT2D eigenvalue weighted by molar-refractivity contribution is 0.272. The largest absolute Gasteiger partial charge is 0.508 e. The topological polar surface area (TPSA) is 136 Å². The van der Waals surface area contributed by atoms with Crippen molar-refractivity contribution in [2.75, 3.05) is 0 Å². The molecule has 13 nitrogen and oxygen atoms in total. The first kappa shape index (κ1) is 42.4. The second-order valence-corrected chi connectivity index (χ2v) is 27.8. The minimum atomic E-state index is -1.87. The number of nitrogens with zero attached hydrogens (tertiary/aromatic N) is 10. The number of phenols is 1. The van der Waals surface area contributed by atoms with E-state index in [0.29, 0.717) is 19.0 Å². The van der Waals surface area contributed by atoms with Crippen molar-refractivity contribution in [2.45, 2.75) is 97.9 Å². The van der Waals surface area contributed by atoms with E-state index in [9.17, 15) is 5.11 Å². The van der Waals surface area contributed by atoms with Crippen LogP contribution in [0.4, 0.5) is 0 Å². The number of benzene rings is 2. The van der Waals surface area contributed by atoms with Gasteiger partial charge in [-0.25, -0.2) is 28.7 Å². The standard InChI is InChI=1S/C23H29N5OSi.C22H27N5O2Si/c1-17-13-20(27-12-8-11-24-27)19-15-25-28(21(19)14-17)22-10-7-9-18(26-22)16-29-30(5,6)23(2,3)4;1-22(2,3)30(4,5)29-15-16-8-6-9-21(25-16)27-20-13-17(28)12-19(18(20)14-24-27)26-11-7-10-23-26/h7-15H,16H2,1-6H3;6-14,28H,15H2,1-5H3. The normalized spacial score (nSPS) is 12.6.